The first-order chi connectivity index (χ1) is 12.6. The number of aromatic nitrogens is 4. The molecule has 0 radical (unpaired) electrons. The van der Waals surface area contributed by atoms with Crippen LogP contribution in [0, 0.1) is 0 Å². The van der Waals surface area contributed by atoms with Crippen LogP contribution in [-0.2, 0) is 11.3 Å². The summed E-state index contributed by atoms with van der Waals surface area (Å²) in [6.07, 6.45) is 1.67. The van der Waals surface area contributed by atoms with E-state index in [1.807, 2.05) is 47.9 Å². The smallest absolute Gasteiger partial charge is 0.272 e. The maximum Gasteiger partial charge on any atom is 0.272 e. The molecule has 0 aliphatic carbocycles. The minimum Gasteiger partial charge on any atom is -0.349 e. The minimum absolute atomic E-state index is 0.148. The van der Waals surface area contributed by atoms with E-state index in [0.717, 1.165) is 16.4 Å². The van der Waals surface area contributed by atoms with Crippen molar-refractivity contribution in [2.45, 2.75) is 19.5 Å². The normalized spacial score (nSPS) is 12.3. The van der Waals surface area contributed by atoms with Gasteiger partial charge in [0, 0.05) is 5.39 Å². The van der Waals surface area contributed by atoms with Gasteiger partial charge in [-0.3, -0.25) is 9.59 Å². The molecule has 0 spiro atoms. The number of nitrogens with one attached hydrogen (secondary N) is 2. The summed E-state index contributed by atoms with van der Waals surface area (Å²) >= 11 is 0. The molecule has 7 heteroatoms. The second-order valence-electron chi connectivity index (χ2n) is 6.08. The molecule has 0 saturated carbocycles. The molecule has 26 heavy (non-hydrogen) atoms. The molecule has 4 aromatic rings. The summed E-state index contributed by atoms with van der Waals surface area (Å²) in [5, 5.41) is 10.7. The molecule has 2 aromatic heterocycles. The molecular formula is C19H17N5O2. The van der Waals surface area contributed by atoms with E-state index >= 15 is 0 Å². The van der Waals surface area contributed by atoms with Gasteiger partial charge in [-0.05, 0) is 25.1 Å². The molecule has 0 fully saturated rings. The maximum absolute atomic E-state index is 12.6. The average molecular weight is 347 g/mol. The van der Waals surface area contributed by atoms with E-state index in [1.165, 1.54) is 0 Å². The molecule has 0 aliphatic rings. The second kappa shape index (κ2) is 6.44. The number of carbonyl (C=O) groups is 1. The first-order valence-corrected chi connectivity index (χ1v) is 8.31. The Bertz CT molecular complexity index is 1160. The molecule has 0 unspecified atom stereocenters. The number of fused-ring (bicyclic) bond motifs is 2. The summed E-state index contributed by atoms with van der Waals surface area (Å²) in [6, 6.07) is 14.5. The van der Waals surface area contributed by atoms with E-state index in [0.29, 0.717) is 11.1 Å². The number of H-pyrrole nitrogens is 1. The summed E-state index contributed by atoms with van der Waals surface area (Å²) in [5.41, 5.74) is 2.13. The Kier molecular flexibility index (Phi) is 3.96. The number of nitrogens with zero attached hydrogens (tertiary/aromatic N) is 3. The van der Waals surface area contributed by atoms with Crippen LogP contribution in [0.5, 0.6) is 0 Å². The lowest BCUT2D eigenvalue weighted by Gasteiger charge is -2.15. The van der Waals surface area contributed by atoms with E-state index in [2.05, 4.69) is 20.5 Å². The lowest BCUT2D eigenvalue weighted by molar-refractivity contribution is -0.123. The number of imidazole rings is 1. The second-order valence-corrected chi connectivity index (χ2v) is 6.08. The molecule has 7 nitrogen and oxygen atoms in total. The number of aromatic amines is 1. The Morgan fingerprint density at radius 3 is 2.73 bits per heavy atom. The summed E-state index contributed by atoms with van der Waals surface area (Å²) in [4.78, 5) is 28.8. The molecule has 1 amide bonds. The van der Waals surface area contributed by atoms with Crippen molar-refractivity contribution in [3.05, 3.63) is 70.9 Å². The van der Waals surface area contributed by atoms with Crippen molar-refractivity contribution in [3.8, 4) is 0 Å². The number of hydrogen-bond acceptors (Lipinski definition) is 4. The van der Waals surface area contributed by atoms with Gasteiger partial charge in [0.15, 0.2) is 0 Å². The summed E-state index contributed by atoms with van der Waals surface area (Å²) in [5.74, 6) is -0.148. The van der Waals surface area contributed by atoms with E-state index in [4.69, 9.17) is 0 Å². The Morgan fingerprint density at radius 1 is 1.15 bits per heavy atom. The molecule has 0 bridgehead atoms. The predicted octanol–water partition coefficient (Wildman–Crippen LogP) is 2.15. The molecular weight excluding hydrogens is 330 g/mol. The zero-order valence-corrected chi connectivity index (χ0v) is 14.1. The van der Waals surface area contributed by atoms with E-state index in [1.54, 1.807) is 18.5 Å². The van der Waals surface area contributed by atoms with Gasteiger partial charge in [0.05, 0.1) is 35.0 Å². The van der Waals surface area contributed by atoms with Gasteiger partial charge in [-0.15, -0.1) is 0 Å². The molecule has 2 aromatic carbocycles. The largest absolute Gasteiger partial charge is 0.349 e. The van der Waals surface area contributed by atoms with Crippen LogP contribution in [-0.4, -0.2) is 25.7 Å². The van der Waals surface area contributed by atoms with Crippen LogP contribution in [0.1, 0.15) is 18.7 Å². The number of para-hydroxylation sites is 2. The Hall–Kier alpha value is -3.48. The van der Waals surface area contributed by atoms with Gasteiger partial charge in [0.1, 0.15) is 6.04 Å². The van der Waals surface area contributed by atoms with Crippen molar-refractivity contribution in [2.75, 3.05) is 0 Å². The van der Waals surface area contributed by atoms with E-state index in [9.17, 15) is 9.59 Å². The first kappa shape index (κ1) is 16.0. The molecule has 130 valence electrons. The molecule has 0 aliphatic heterocycles. The predicted molar refractivity (Wildman–Crippen MR) is 98.7 cm³/mol. The zero-order valence-electron chi connectivity index (χ0n) is 14.1. The topological polar surface area (TPSA) is 92.7 Å². The lowest BCUT2D eigenvalue weighted by Crippen LogP contribution is -2.31. The summed E-state index contributed by atoms with van der Waals surface area (Å²) in [6.45, 7) is 2.05. The van der Waals surface area contributed by atoms with E-state index < -0.39 is 6.04 Å². The van der Waals surface area contributed by atoms with E-state index in [-0.39, 0.29) is 18.0 Å². The number of rotatable bonds is 4. The van der Waals surface area contributed by atoms with Crippen LogP contribution in [0.3, 0.4) is 0 Å². The van der Waals surface area contributed by atoms with Crippen molar-refractivity contribution in [3.63, 3.8) is 0 Å². The van der Waals surface area contributed by atoms with Crippen LogP contribution >= 0.6 is 0 Å². The maximum atomic E-state index is 12.6. The van der Waals surface area contributed by atoms with Crippen LogP contribution < -0.4 is 10.9 Å². The Balaban J connectivity index is 1.56. The Morgan fingerprint density at radius 2 is 1.88 bits per heavy atom. The highest BCUT2D eigenvalue weighted by molar-refractivity contribution is 5.85. The van der Waals surface area contributed by atoms with Gasteiger partial charge in [-0.2, -0.15) is 5.10 Å². The number of benzene rings is 2. The summed E-state index contributed by atoms with van der Waals surface area (Å²) < 4.78 is 1.84. The van der Waals surface area contributed by atoms with Gasteiger partial charge < -0.3 is 9.88 Å². The van der Waals surface area contributed by atoms with Crippen LogP contribution in [0.15, 0.2) is 59.7 Å². The minimum atomic E-state index is -0.420. The van der Waals surface area contributed by atoms with Crippen LogP contribution in [0.25, 0.3) is 21.8 Å². The van der Waals surface area contributed by atoms with Gasteiger partial charge in [-0.1, -0.05) is 30.3 Å². The quantitative estimate of drug-likeness (QED) is 0.592. The summed E-state index contributed by atoms with van der Waals surface area (Å²) in [7, 11) is 0. The third kappa shape index (κ3) is 2.73. The van der Waals surface area contributed by atoms with Crippen molar-refractivity contribution in [1.29, 1.82) is 0 Å². The fourth-order valence-electron chi connectivity index (χ4n) is 3.04. The third-order valence-corrected chi connectivity index (χ3v) is 4.48. The fraction of sp³-hybridized carbons (Fsp3) is 0.158. The number of amides is 1. The molecule has 1 atom stereocenters. The highest BCUT2D eigenvalue weighted by Gasteiger charge is 2.17. The molecule has 4 rings (SSSR count). The standard InChI is InChI=1S/C19H17N5O2/c1-12(24-11-21-15-8-4-5-9-17(15)24)18(25)20-10-16-13-6-2-3-7-14(13)19(26)23-22-16/h2-9,11-12H,10H2,1H3,(H,20,25)(H,23,26)/t12-/m1/s1. The van der Waals surface area contributed by atoms with Crippen molar-refractivity contribution < 1.29 is 4.79 Å². The van der Waals surface area contributed by atoms with Crippen molar-refractivity contribution in [2.24, 2.45) is 0 Å². The number of carbonyl (C=O) groups excluding carboxylic acids is 1. The van der Waals surface area contributed by atoms with Crippen molar-refractivity contribution in [1.82, 2.24) is 25.1 Å². The molecule has 2 heterocycles. The third-order valence-electron chi connectivity index (χ3n) is 4.48. The van der Waals surface area contributed by atoms with Crippen molar-refractivity contribution >= 4 is 27.7 Å². The van der Waals surface area contributed by atoms with Crippen LogP contribution in [0.2, 0.25) is 0 Å². The lowest BCUT2D eigenvalue weighted by atomic mass is 10.1. The molecule has 0 saturated heterocycles. The van der Waals surface area contributed by atoms with Gasteiger partial charge in [0.25, 0.3) is 5.56 Å². The van der Waals surface area contributed by atoms with Gasteiger partial charge >= 0.3 is 0 Å². The van der Waals surface area contributed by atoms with Gasteiger partial charge in [-0.25, -0.2) is 10.1 Å². The van der Waals surface area contributed by atoms with Gasteiger partial charge in [0.2, 0.25) is 5.91 Å². The highest BCUT2D eigenvalue weighted by Crippen LogP contribution is 2.18. The Labute approximate surface area is 148 Å². The number of hydrogen-bond donors (Lipinski definition) is 2. The van der Waals surface area contributed by atoms with Crippen LogP contribution in [0.4, 0.5) is 0 Å². The fourth-order valence-corrected chi connectivity index (χ4v) is 3.04. The zero-order chi connectivity index (χ0) is 18.1. The molecule has 2 N–H and O–H groups in total. The monoisotopic (exact) mass is 347 g/mol. The SMILES string of the molecule is C[C@H](C(=O)NCc1n[nH]c(=O)c2ccccc12)n1cnc2ccccc21. The highest BCUT2D eigenvalue weighted by atomic mass is 16.2. The average Bonchev–Trinajstić information content (AvgIpc) is 3.11. The first-order valence-electron chi connectivity index (χ1n) is 8.31.